The molecular formula is C9H19ClN2. The first kappa shape index (κ1) is 11.9. The number of hydrogen-bond acceptors (Lipinski definition) is 2. The van der Waals surface area contributed by atoms with Gasteiger partial charge in [0, 0.05) is 6.54 Å². The molecule has 0 bridgehead atoms. The molecular weight excluding hydrogens is 172 g/mol. The molecule has 0 saturated heterocycles. The van der Waals surface area contributed by atoms with E-state index >= 15 is 0 Å². The van der Waals surface area contributed by atoms with Crippen molar-refractivity contribution in [2.45, 2.75) is 32.1 Å². The van der Waals surface area contributed by atoms with Gasteiger partial charge in [0.2, 0.25) is 0 Å². The van der Waals surface area contributed by atoms with Crippen LogP contribution in [0.3, 0.4) is 0 Å². The van der Waals surface area contributed by atoms with E-state index in [1.807, 2.05) is 0 Å². The minimum absolute atomic E-state index is 0. The Bertz CT molecular complexity index is 120. The monoisotopic (exact) mass is 190 g/mol. The number of hydrazine groups is 1. The number of halogens is 1. The average molecular weight is 191 g/mol. The van der Waals surface area contributed by atoms with Crippen LogP contribution >= 0.6 is 12.4 Å². The summed E-state index contributed by atoms with van der Waals surface area (Å²) in [6, 6.07) is 0. The SMILES string of the molecule is Cl.NNCC=CC1CCCCC1. The zero-order chi connectivity index (χ0) is 7.94. The quantitative estimate of drug-likeness (QED) is 0.406. The predicted molar refractivity (Wildman–Crippen MR) is 55.2 cm³/mol. The molecule has 0 aromatic carbocycles. The Balaban J connectivity index is 0.00000121. The molecule has 0 atom stereocenters. The second kappa shape index (κ2) is 7.59. The molecule has 0 aliphatic heterocycles. The van der Waals surface area contributed by atoms with Crippen LogP contribution in [0.4, 0.5) is 0 Å². The highest BCUT2D eigenvalue weighted by molar-refractivity contribution is 5.85. The van der Waals surface area contributed by atoms with Crippen molar-refractivity contribution in [2.75, 3.05) is 6.54 Å². The molecule has 3 heteroatoms. The Hall–Kier alpha value is -0.0500. The van der Waals surface area contributed by atoms with E-state index in [9.17, 15) is 0 Å². The Morgan fingerprint density at radius 1 is 1.25 bits per heavy atom. The molecule has 0 spiro atoms. The average Bonchev–Trinajstić information content (AvgIpc) is 2.07. The molecule has 72 valence electrons. The van der Waals surface area contributed by atoms with Crippen molar-refractivity contribution in [3.05, 3.63) is 12.2 Å². The molecule has 3 N–H and O–H groups in total. The van der Waals surface area contributed by atoms with Gasteiger partial charge in [-0.15, -0.1) is 12.4 Å². The van der Waals surface area contributed by atoms with Crippen molar-refractivity contribution < 1.29 is 0 Å². The van der Waals surface area contributed by atoms with Crippen molar-refractivity contribution in [1.29, 1.82) is 0 Å². The molecule has 0 radical (unpaired) electrons. The number of nitrogens with two attached hydrogens (primary N) is 1. The van der Waals surface area contributed by atoms with Crippen molar-refractivity contribution in [3.8, 4) is 0 Å². The second-order valence-corrected chi connectivity index (χ2v) is 3.23. The third-order valence-electron chi connectivity index (χ3n) is 2.29. The van der Waals surface area contributed by atoms with Crippen LogP contribution in [-0.4, -0.2) is 6.54 Å². The van der Waals surface area contributed by atoms with Gasteiger partial charge in [-0.25, -0.2) is 0 Å². The first-order valence-electron chi connectivity index (χ1n) is 4.53. The third kappa shape index (κ3) is 4.75. The number of rotatable bonds is 3. The number of nitrogens with one attached hydrogen (secondary N) is 1. The van der Waals surface area contributed by atoms with Crippen LogP contribution in [0.2, 0.25) is 0 Å². The van der Waals surface area contributed by atoms with Gasteiger partial charge in [0.1, 0.15) is 0 Å². The molecule has 1 saturated carbocycles. The van der Waals surface area contributed by atoms with E-state index in [0.717, 1.165) is 12.5 Å². The Kier molecular flexibility index (Phi) is 7.56. The largest absolute Gasteiger partial charge is 0.271 e. The van der Waals surface area contributed by atoms with Gasteiger partial charge in [-0.2, -0.15) is 0 Å². The molecule has 1 aliphatic carbocycles. The van der Waals surface area contributed by atoms with E-state index in [-0.39, 0.29) is 12.4 Å². The number of hydrogen-bond donors (Lipinski definition) is 2. The summed E-state index contributed by atoms with van der Waals surface area (Å²) in [7, 11) is 0. The normalized spacial score (nSPS) is 19.4. The summed E-state index contributed by atoms with van der Waals surface area (Å²) in [5, 5.41) is 0. The second-order valence-electron chi connectivity index (χ2n) is 3.23. The lowest BCUT2D eigenvalue weighted by Crippen LogP contribution is -2.21. The van der Waals surface area contributed by atoms with Crippen LogP contribution in [0.25, 0.3) is 0 Å². The van der Waals surface area contributed by atoms with Gasteiger partial charge in [0.25, 0.3) is 0 Å². The van der Waals surface area contributed by atoms with Crippen molar-refractivity contribution in [2.24, 2.45) is 11.8 Å². The van der Waals surface area contributed by atoms with Gasteiger partial charge in [-0.1, -0.05) is 31.4 Å². The summed E-state index contributed by atoms with van der Waals surface area (Å²) in [5.41, 5.74) is 2.62. The van der Waals surface area contributed by atoms with E-state index in [0.29, 0.717) is 0 Å². The molecule has 1 aliphatic rings. The van der Waals surface area contributed by atoms with Crippen LogP contribution < -0.4 is 11.3 Å². The zero-order valence-electron chi connectivity index (χ0n) is 7.46. The lowest BCUT2D eigenvalue weighted by molar-refractivity contribution is 0.419. The summed E-state index contributed by atoms with van der Waals surface area (Å²) in [5.74, 6) is 5.97. The van der Waals surface area contributed by atoms with E-state index in [1.54, 1.807) is 0 Å². The highest BCUT2D eigenvalue weighted by Crippen LogP contribution is 2.24. The van der Waals surface area contributed by atoms with Crippen molar-refractivity contribution >= 4 is 12.4 Å². The van der Waals surface area contributed by atoms with Crippen molar-refractivity contribution in [1.82, 2.24) is 5.43 Å². The standard InChI is InChI=1S/C9H18N2.ClH/c10-11-8-4-7-9-5-2-1-3-6-9;/h4,7,9,11H,1-3,5-6,8,10H2;1H. The molecule has 1 rings (SSSR count). The van der Waals surface area contributed by atoms with Crippen LogP contribution in [-0.2, 0) is 0 Å². The van der Waals surface area contributed by atoms with Gasteiger partial charge in [0.15, 0.2) is 0 Å². The minimum atomic E-state index is 0. The van der Waals surface area contributed by atoms with Crippen LogP contribution in [0, 0.1) is 5.92 Å². The fourth-order valence-corrected chi connectivity index (χ4v) is 1.66. The molecule has 1 fully saturated rings. The summed E-state index contributed by atoms with van der Waals surface area (Å²) >= 11 is 0. The fraction of sp³-hybridized carbons (Fsp3) is 0.778. The Morgan fingerprint density at radius 2 is 1.92 bits per heavy atom. The highest BCUT2D eigenvalue weighted by atomic mass is 35.5. The lowest BCUT2D eigenvalue weighted by Gasteiger charge is -2.17. The van der Waals surface area contributed by atoms with Gasteiger partial charge in [-0.3, -0.25) is 11.3 Å². The maximum atomic E-state index is 5.14. The fourth-order valence-electron chi connectivity index (χ4n) is 1.66. The molecule has 2 nitrogen and oxygen atoms in total. The summed E-state index contributed by atoms with van der Waals surface area (Å²) in [4.78, 5) is 0. The van der Waals surface area contributed by atoms with Crippen LogP contribution in [0.15, 0.2) is 12.2 Å². The zero-order valence-corrected chi connectivity index (χ0v) is 8.28. The summed E-state index contributed by atoms with van der Waals surface area (Å²) in [6.45, 7) is 0.802. The third-order valence-corrected chi connectivity index (χ3v) is 2.29. The maximum absolute atomic E-state index is 5.14. The van der Waals surface area contributed by atoms with Gasteiger partial charge < -0.3 is 0 Å². The first-order chi connectivity index (χ1) is 5.43. The van der Waals surface area contributed by atoms with E-state index in [2.05, 4.69) is 17.6 Å². The summed E-state index contributed by atoms with van der Waals surface area (Å²) < 4.78 is 0. The minimum Gasteiger partial charge on any atom is -0.271 e. The summed E-state index contributed by atoms with van der Waals surface area (Å²) in [6.07, 6.45) is 11.4. The maximum Gasteiger partial charge on any atom is 0.0278 e. The molecule has 0 heterocycles. The van der Waals surface area contributed by atoms with Crippen LogP contribution in [0.5, 0.6) is 0 Å². The molecule has 12 heavy (non-hydrogen) atoms. The lowest BCUT2D eigenvalue weighted by atomic mass is 9.89. The highest BCUT2D eigenvalue weighted by Gasteiger charge is 2.08. The predicted octanol–water partition coefficient (Wildman–Crippen LogP) is 2.01. The molecule has 0 amide bonds. The van der Waals surface area contributed by atoms with E-state index < -0.39 is 0 Å². The first-order valence-corrected chi connectivity index (χ1v) is 4.53. The van der Waals surface area contributed by atoms with Crippen molar-refractivity contribution in [3.63, 3.8) is 0 Å². The molecule has 0 aromatic rings. The van der Waals surface area contributed by atoms with Crippen LogP contribution in [0.1, 0.15) is 32.1 Å². The number of allylic oxidation sites excluding steroid dienone is 1. The molecule has 0 aromatic heterocycles. The Morgan fingerprint density at radius 3 is 2.50 bits per heavy atom. The van der Waals surface area contributed by atoms with E-state index in [4.69, 9.17) is 5.84 Å². The van der Waals surface area contributed by atoms with Gasteiger partial charge >= 0.3 is 0 Å². The molecule has 0 unspecified atom stereocenters. The van der Waals surface area contributed by atoms with Gasteiger partial charge in [0.05, 0.1) is 0 Å². The topological polar surface area (TPSA) is 38.0 Å². The van der Waals surface area contributed by atoms with E-state index in [1.165, 1.54) is 32.1 Å². The Labute approximate surface area is 81.0 Å². The van der Waals surface area contributed by atoms with Gasteiger partial charge in [-0.05, 0) is 18.8 Å². The smallest absolute Gasteiger partial charge is 0.0278 e.